The molecule has 9 heteroatoms. The van der Waals surface area contributed by atoms with Crippen molar-refractivity contribution < 1.29 is 28.7 Å². The first kappa shape index (κ1) is 28.7. The third-order valence-corrected chi connectivity index (χ3v) is 3.78. The summed E-state index contributed by atoms with van der Waals surface area (Å²) in [6.07, 6.45) is 0.494. The molecular weight excluding hydrogens is 424 g/mol. The van der Waals surface area contributed by atoms with Gasteiger partial charge in [-0.25, -0.2) is 14.7 Å². The molecule has 1 rings (SSSR count). The Balaban J connectivity index is 0.000000954. The SMILES string of the molecule is CC(C)COC(=O)Cl.CON(C)C(=O)C(CCc1ccccc1)NC(=O)OC(C)(C)C. The topological polar surface area (TPSA) is 94.2 Å². The van der Waals surface area contributed by atoms with Crippen LogP contribution in [0.5, 0.6) is 0 Å². The quantitative estimate of drug-likeness (QED) is 0.453. The average molecular weight is 459 g/mol. The Hall–Kier alpha value is -2.32. The molecule has 8 nitrogen and oxygen atoms in total. The molecule has 31 heavy (non-hydrogen) atoms. The van der Waals surface area contributed by atoms with Gasteiger partial charge in [0.05, 0.1) is 13.7 Å². The van der Waals surface area contributed by atoms with Crippen LogP contribution in [0.4, 0.5) is 9.59 Å². The summed E-state index contributed by atoms with van der Waals surface area (Å²) < 4.78 is 9.65. The predicted molar refractivity (Wildman–Crippen MR) is 120 cm³/mol. The van der Waals surface area contributed by atoms with Crippen LogP contribution < -0.4 is 5.32 Å². The summed E-state index contributed by atoms with van der Waals surface area (Å²) in [5.41, 5.74) is -0.250. The number of aryl methyl sites for hydroxylation is 1. The highest BCUT2D eigenvalue weighted by atomic mass is 35.5. The normalized spacial score (nSPS) is 11.6. The zero-order valence-electron chi connectivity index (χ0n) is 19.4. The Bertz CT molecular complexity index is 676. The van der Waals surface area contributed by atoms with Gasteiger partial charge in [0, 0.05) is 18.6 Å². The lowest BCUT2D eigenvalue weighted by atomic mass is 10.0. The van der Waals surface area contributed by atoms with Crippen molar-refractivity contribution in [1.29, 1.82) is 0 Å². The van der Waals surface area contributed by atoms with E-state index in [4.69, 9.17) is 21.2 Å². The van der Waals surface area contributed by atoms with E-state index in [2.05, 4.69) is 10.1 Å². The maximum atomic E-state index is 12.3. The molecule has 2 amide bonds. The molecule has 0 heterocycles. The Morgan fingerprint density at radius 3 is 2.13 bits per heavy atom. The van der Waals surface area contributed by atoms with Crippen molar-refractivity contribution in [3.05, 3.63) is 35.9 Å². The summed E-state index contributed by atoms with van der Waals surface area (Å²) in [7, 11) is 2.91. The van der Waals surface area contributed by atoms with Crippen molar-refractivity contribution in [2.45, 2.75) is 59.1 Å². The van der Waals surface area contributed by atoms with Gasteiger partial charge < -0.3 is 14.8 Å². The number of nitrogens with one attached hydrogen (secondary N) is 1. The number of likely N-dealkylation sites (N-methyl/N-ethyl adjacent to an activating group) is 1. The maximum absolute atomic E-state index is 12.3. The first-order valence-electron chi connectivity index (χ1n) is 10.0. The van der Waals surface area contributed by atoms with Gasteiger partial charge in [-0.1, -0.05) is 44.2 Å². The van der Waals surface area contributed by atoms with Crippen LogP contribution in [0.2, 0.25) is 0 Å². The van der Waals surface area contributed by atoms with E-state index in [0.717, 1.165) is 10.6 Å². The molecule has 1 unspecified atom stereocenters. The monoisotopic (exact) mass is 458 g/mol. The summed E-state index contributed by atoms with van der Waals surface area (Å²) in [6.45, 7) is 9.61. The first-order valence-corrected chi connectivity index (χ1v) is 10.4. The number of amides is 2. The Kier molecular flexibility index (Phi) is 13.5. The molecule has 1 aromatic carbocycles. The van der Waals surface area contributed by atoms with Crippen molar-refractivity contribution in [1.82, 2.24) is 10.4 Å². The van der Waals surface area contributed by atoms with Crippen LogP contribution in [0.1, 0.15) is 46.6 Å². The molecule has 1 aromatic rings. The van der Waals surface area contributed by atoms with E-state index in [-0.39, 0.29) is 5.91 Å². The van der Waals surface area contributed by atoms with Crippen LogP contribution in [-0.4, -0.2) is 54.9 Å². The van der Waals surface area contributed by atoms with Gasteiger partial charge in [0.2, 0.25) is 0 Å². The Labute approximate surface area is 190 Å². The molecule has 0 bridgehead atoms. The molecule has 1 atom stereocenters. The minimum Gasteiger partial charge on any atom is -0.453 e. The fourth-order valence-electron chi connectivity index (χ4n) is 2.20. The Morgan fingerprint density at radius 2 is 1.71 bits per heavy atom. The van der Waals surface area contributed by atoms with Gasteiger partial charge in [-0.2, -0.15) is 0 Å². The lowest BCUT2D eigenvalue weighted by Gasteiger charge is -2.25. The van der Waals surface area contributed by atoms with E-state index in [0.29, 0.717) is 25.4 Å². The van der Waals surface area contributed by atoms with Gasteiger partial charge in [-0.15, -0.1) is 0 Å². The highest BCUT2D eigenvalue weighted by Gasteiger charge is 2.26. The number of halogens is 1. The molecule has 0 aliphatic heterocycles. The smallest absolute Gasteiger partial charge is 0.408 e. The summed E-state index contributed by atoms with van der Waals surface area (Å²) in [6, 6.07) is 9.06. The third-order valence-electron chi connectivity index (χ3n) is 3.67. The molecule has 0 aliphatic rings. The number of ether oxygens (including phenoxy) is 2. The van der Waals surface area contributed by atoms with Crippen LogP contribution in [-0.2, 0) is 25.5 Å². The number of carbonyl (C=O) groups excluding carboxylic acids is 3. The number of nitrogens with zero attached hydrogens (tertiary/aromatic N) is 1. The molecule has 0 radical (unpaired) electrons. The van der Waals surface area contributed by atoms with E-state index in [1.807, 2.05) is 44.2 Å². The summed E-state index contributed by atoms with van der Waals surface area (Å²) >= 11 is 4.86. The molecule has 1 N–H and O–H groups in total. The standard InChI is InChI=1S/C17H26N2O4.C5H9ClO2/c1-17(2,3)23-16(21)18-14(15(20)19(4)22-5)12-11-13-9-7-6-8-10-13;1-4(2)3-8-5(6)7/h6-10,14H,11-12H2,1-5H3,(H,18,21);4H,3H2,1-2H3. The van der Waals surface area contributed by atoms with Crippen LogP contribution in [0.15, 0.2) is 30.3 Å². The molecule has 0 aliphatic carbocycles. The highest BCUT2D eigenvalue weighted by Crippen LogP contribution is 2.10. The zero-order valence-corrected chi connectivity index (χ0v) is 20.2. The molecule has 0 saturated carbocycles. The number of carbonyl (C=O) groups is 3. The van der Waals surface area contributed by atoms with E-state index in [1.54, 1.807) is 20.8 Å². The molecule has 0 spiro atoms. The molecule has 0 saturated heterocycles. The number of rotatable bonds is 8. The fraction of sp³-hybridized carbons (Fsp3) is 0.591. The summed E-state index contributed by atoms with van der Waals surface area (Å²) in [5.74, 6) is 0.0343. The third kappa shape index (κ3) is 15.2. The van der Waals surface area contributed by atoms with E-state index in [9.17, 15) is 14.4 Å². The van der Waals surface area contributed by atoms with E-state index >= 15 is 0 Å². The second-order valence-electron chi connectivity index (χ2n) is 8.18. The number of hydrogen-bond acceptors (Lipinski definition) is 6. The number of hydroxylamine groups is 2. The van der Waals surface area contributed by atoms with Gasteiger partial charge in [-0.3, -0.25) is 9.63 Å². The first-order chi connectivity index (χ1) is 14.4. The summed E-state index contributed by atoms with van der Waals surface area (Å²) in [5, 5.41) is 3.73. The van der Waals surface area contributed by atoms with Crippen molar-refractivity contribution >= 4 is 29.0 Å². The minimum absolute atomic E-state index is 0.325. The van der Waals surface area contributed by atoms with Gasteiger partial charge in [0.1, 0.15) is 11.6 Å². The summed E-state index contributed by atoms with van der Waals surface area (Å²) in [4.78, 5) is 39.1. The molecule has 0 fully saturated rings. The number of hydrogen-bond donors (Lipinski definition) is 1. The highest BCUT2D eigenvalue weighted by molar-refractivity contribution is 6.61. The Morgan fingerprint density at radius 1 is 1.13 bits per heavy atom. The van der Waals surface area contributed by atoms with Crippen molar-refractivity contribution in [3.63, 3.8) is 0 Å². The molecule has 0 aromatic heterocycles. The van der Waals surface area contributed by atoms with Crippen molar-refractivity contribution in [2.24, 2.45) is 5.92 Å². The van der Waals surface area contributed by atoms with Crippen LogP contribution in [0.3, 0.4) is 0 Å². The van der Waals surface area contributed by atoms with E-state index in [1.165, 1.54) is 14.2 Å². The van der Waals surface area contributed by atoms with Crippen molar-refractivity contribution in [3.8, 4) is 0 Å². The molecule has 176 valence electrons. The maximum Gasteiger partial charge on any atom is 0.408 e. The van der Waals surface area contributed by atoms with Gasteiger partial charge in [0.25, 0.3) is 5.91 Å². The fourth-order valence-corrected chi connectivity index (χ4v) is 2.27. The van der Waals surface area contributed by atoms with Crippen LogP contribution >= 0.6 is 11.6 Å². The average Bonchev–Trinajstić information content (AvgIpc) is 2.68. The number of alkyl carbamates (subject to hydrolysis) is 1. The van der Waals surface area contributed by atoms with Gasteiger partial charge in [0.15, 0.2) is 0 Å². The second-order valence-corrected chi connectivity index (χ2v) is 8.49. The predicted octanol–water partition coefficient (Wildman–Crippen LogP) is 4.55. The lowest BCUT2D eigenvalue weighted by Crippen LogP contribution is -2.48. The molecular formula is C22H35ClN2O6. The van der Waals surface area contributed by atoms with Crippen LogP contribution in [0, 0.1) is 5.92 Å². The van der Waals surface area contributed by atoms with Crippen LogP contribution in [0.25, 0.3) is 0 Å². The van der Waals surface area contributed by atoms with Gasteiger partial charge in [-0.05, 0) is 45.1 Å². The number of benzene rings is 1. The zero-order chi connectivity index (χ0) is 24.0. The van der Waals surface area contributed by atoms with E-state index < -0.39 is 23.2 Å². The minimum atomic E-state index is -0.723. The van der Waals surface area contributed by atoms with Crippen molar-refractivity contribution in [2.75, 3.05) is 20.8 Å². The second kappa shape index (κ2) is 14.6. The largest absolute Gasteiger partial charge is 0.453 e. The lowest BCUT2D eigenvalue weighted by molar-refractivity contribution is -0.171. The van der Waals surface area contributed by atoms with Gasteiger partial charge >= 0.3 is 11.5 Å².